The highest BCUT2D eigenvalue weighted by Crippen LogP contribution is 2.44. The maximum atomic E-state index is 12.3. The summed E-state index contributed by atoms with van der Waals surface area (Å²) in [7, 11) is 1.60. The standard InChI is InChI=1S/C24H25N3O5/c1-14-18(25-24(32-14)16-7-20(29-2)23-21(8-16)30-13-31-23)12-26-9-15-6-17(11-26)19-4-3-5-22(28)27(19)10-15/h3-5,7-8,15,17H,6,9-13H2,1-2H3. The number of pyridine rings is 1. The number of likely N-dealkylation sites (tertiary alicyclic amines) is 1. The van der Waals surface area contributed by atoms with Gasteiger partial charge < -0.3 is 23.2 Å². The van der Waals surface area contributed by atoms with Crippen LogP contribution in [0.2, 0.25) is 0 Å². The molecular weight excluding hydrogens is 410 g/mol. The summed E-state index contributed by atoms with van der Waals surface area (Å²) in [4.78, 5) is 19.5. The molecule has 0 amide bonds. The van der Waals surface area contributed by atoms with Crippen LogP contribution < -0.4 is 19.8 Å². The third-order valence-corrected chi connectivity index (χ3v) is 6.73. The van der Waals surface area contributed by atoms with Gasteiger partial charge in [0, 0.05) is 49.4 Å². The molecule has 2 unspecified atom stereocenters. The van der Waals surface area contributed by atoms with Crippen molar-refractivity contribution < 1.29 is 18.6 Å². The molecule has 0 radical (unpaired) electrons. The third kappa shape index (κ3) is 3.17. The smallest absolute Gasteiger partial charge is 0.250 e. The Bertz CT molecular complexity index is 1250. The van der Waals surface area contributed by atoms with Crippen LogP contribution in [0.15, 0.2) is 39.5 Å². The van der Waals surface area contributed by atoms with Crippen LogP contribution in [0.1, 0.15) is 29.5 Å². The molecule has 2 bridgehead atoms. The molecule has 0 saturated carbocycles. The Morgan fingerprint density at radius 1 is 1.19 bits per heavy atom. The molecule has 2 atom stereocenters. The van der Waals surface area contributed by atoms with Crippen LogP contribution in [-0.2, 0) is 13.1 Å². The molecule has 32 heavy (non-hydrogen) atoms. The van der Waals surface area contributed by atoms with Crippen molar-refractivity contribution in [1.29, 1.82) is 0 Å². The first kappa shape index (κ1) is 19.4. The molecule has 2 aromatic heterocycles. The van der Waals surface area contributed by atoms with Gasteiger partial charge in [0.25, 0.3) is 5.56 Å². The number of aryl methyl sites for hydroxylation is 1. The molecule has 3 aromatic rings. The molecule has 6 rings (SSSR count). The fraction of sp³-hybridized carbons (Fsp3) is 0.417. The first-order chi connectivity index (χ1) is 15.6. The Kier molecular flexibility index (Phi) is 4.50. The Hall–Kier alpha value is -3.26. The van der Waals surface area contributed by atoms with Gasteiger partial charge in [-0.05, 0) is 37.5 Å². The number of rotatable bonds is 4. The van der Waals surface area contributed by atoms with Crippen molar-refractivity contribution in [2.24, 2.45) is 5.92 Å². The normalized spacial score (nSPS) is 21.4. The second-order valence-electron chi connectivity index (χ2n) is 8.83. The fourth-order valence-electron chi connectivity index (χ4n) is 5.29. The molecule has 0 spiro atoms. The minimum atomic E-state index is 0.113. The van der Waals surface area contributed by atoms with Crippen molar-refractivity contribution in [2.75, 3.05) is 27.0 Å². The number of aromatic nitrogens is 2. The van der Waals surface area contributed by atoms with Gasteiger partial charge in [-0.2, -0.15) is 0 Å². The molecule has 0 N–H and O–H groups in total. The number of hydrogen-bond acceptors (Lipinski definition) is 7. The minimum Gasteiger partial charge on any atom is -0.493 e. The first-order valence-corrected chi connectivity index (χ1v) is 11.0. The number of nitrogens with zero attached hydrogens (tertiary/aromatic N) is 3. The van der Waals surface area contributed by atoms with Crippen molar-refractivity contribution >= 4 is 0 Å². The van der Waals surface area contributed by atoms with Crippen LogP contribution in [0.5, 0.6) is 17.2 Å². The summed E-state index contributed by atoms with van der Waals surface area (Å²) < 4.78 is 24.5. The second kappa shape index (κ2) is 7.41. The zero-order valence-corrected chi connectivity index (χ0v) is 18.2. The predicted octanol–water partition coefficient (Wildman–Crippen LogP) is 3.17. The van der Waals surface area contributed by atoms with Gasteiger partial charge in [0.1, 0.15) is 5.76 Å². The lowest BCUT2D eigenvalue weighted by molar-refractivity contribution is 0.113. The summed E-state index contributed by atoms with van der Waals surface area (Å²) in [5.41, 5.74) is 3.00. The van der Waals surface area contributed by atoms with Gasteiger partial charge in [0.2, 0.25) is 18.4 Å². The van der Waals surface area contributed by atoms with Crippen molar-refractivity contribution in [1.82, 2.24) is 14.5 Å². The van der Waals surface area contributed by atoms with Crippen molar-refractivity contribution in [2.45, 2.75) is 32.4 Å². The topological polar surface area (TPSA) is 79.0 Å². The van der Waals surface area contributed by atoms with E-state index in [4.69, 9.17) is 23.6 Å². The Balaban J connectivity index is 1.25. The summed E-state index contributed by atoms with van der Waals surface area (Å²) in [5, 5.41) is 0. The van der Waals surface area contributed by atoms with Gasteiger partial charge >= 0.3 is 0 Å². The largest absolute Gasteiger partial charge is 0.493 e. The SMILES string of the molecule is COc1cc(-c2nc(CN3CC4CC(C3)c3cccc(=O)n3C4)c(C)o2)cc2c1OCO2. The van der Waals surface area contributed by atoms with Gasteiger partial charge in [-0.1, -0.05) is 6.07 Å². The number of piperidine rings is 1. The number of fused-ring (bicyclic) bond motifs is 5. The molecule has 1 fully saturated rings. The van der Waals surface area contributed by atoms with Crippen LogP contribution in [0.25, 0.3) is 11.5 Å². The second-order valence-corrected chi connectivity index (χ2v) is 8.83. The average molecular weight is 435 g/mol. The number of oxazole rings is 1. The van der Waals surface area contributed by atoms with E-state index in [1.54, 1.807) is 13.2 Å². The van der Waals surface area contributed by atoms with Crippen LogP contribution in [-0.4, -0.2) is 41.4 Å². The first-order valence-electron chi connectivity index (χ1n) is 11.0. The molecule has 5 heterocycles. The van der Waals surface area contributed by atoms with Gasteiger partial charge in [-0.3, -0.25) is 9.69 Å². The lowest BCUT2D eigenvalue weighted by Gasteiger charge is -2.42. The zero-order valence-electron chi connectivity index (χ0n) is 18.2. The summed E-state index contributed by atoms with van der Waals surface area (Å²) in [6, 6.07) is 9.37. The molecule has 3 aliphatic heterocycles. The third-order valence-electron chi connectivity index (χ3n) is 6.73. The lowest BCUT2D eigenvalue weighted by Crippen LogP contribution is -2.46. The van der Waals surface area contributed by atoms with Crippen LogP contribution in [0.3, 0.4) is 0 Å². The van der Waals surface area contributed by atoms with Crippen LogP contribution in [0, 0.1) is 12.8 Å². The lowest BCUT2D eigenvalue weighted by atomic mass is 9.83. The van der Waals surface area contributed by atoms with Gasteiger partial charge in [-0.15, -0.1) is 0 Å². The summed E-state index contributed by atoms with van der Waals surface area (Å²) in [5.74, 6) is 4.05. The minimum absolute atomic E-state index is 0.113. The Morgan fingerprint density at radius 2 is 2.09 bits per heavy atom. The number of ether oxygens (including phenoxy) is 3. The van der Waals surface area contributed by atoms with Gasteiger partial charge in [0.05, 0.1) is 12.8 Å². The van der Waals surface area contributed by atoms with E-state index < -0.39 is 0 Å². The van der Waals surface area contributed by atoms with E-state index in [-0.39, 0.29) is 12.4 Å². The van der Waals surface area contributed by atoms with Crippen LogP contribution in [0.4, 0.5) is 0 Å². The molecule has 8 heteroatoms. The van der Waals surface area contributed by atoms with E-state index in [1.165, 1.54) is 0 Å². The van der Waals surface area contributed by atoms with E-state index in [0.29, 0.717) is 35.0 Å². The van der Waals surface area contributed by atoms with Crippen molar-refractivity contribution in [3.63, 3.8) is 0 Å². The summed E-state index contributed by atoms with van der Waals surface area (Å²) in [6.07, 6.45) is 1.14. The highest BCUT2D eigenvalue weighted by atomic mass is 16.7. The molecule has 1 saturated heterocycles. The molecule has 166 valence electrons. The van der Waals surface area contributed by atoms with E-state index in [9.17, 15) is 4.79 Å². The predicted molar refractivity (Wildman–Crippen MR) is 116 cm³/mol. The van der Waals surface area contributed by atoms with Crippen molar-refractivity contribution in [3.8, 4) is 28.7 Å². The number of hydrogen-bond donors (Lipinski definition) is 0. The summed E-state index contributed by atoms with van der Waals surface area (Å²) in [6.45, 7) is 5.52. The highest BCUT2D eigenvalue weighted by Gasteiger charge is 2.35. The highest BCUT2D eigenvalue weighted by molar-refractivity contribution is 5.66. The monoisotopic (exact) mass is 435 g/mol. The maximum absolute atomic E-state index is 12.3. The van der Waals surface area contributed by atoms with Gasteiger partial charge in [0.15, 0.2) is 11.5 Å². The molecule has 3 aliphatic rings. The maximum Gasteiger partial charge on any atom is 0.250 e. The molecule has 0 aliphatic carbocycles. The number of methoxy groups -OCH3 is 1. The van der Waals surface area contributed by atoms with E-state index >= 15 is 0 Å². The van der Waals surface area contributed by atoms with E-state index in [2.05, 4.69) is 11.0 Å². The zero-order chi connectivity index (χ0) is 21.8. The van der Waals surface area contributed by atoms with E-state index in [0.717, 1.165) is 55.3 Å². The molecule has 8 nitrogen and oxygen atoms in total. The Morgan fingerprint density at radius 3 is 2.97 bits per heavy atom. The van der Waals surface area contributed by atoms with Gasteiger partial charge in [-0.25, -0.2) is 4.98 Å². The average Bonchev–Trinajstić information content (AvgIpc) is 3.40. The van der Waals surface area contributed by atoms with Crippen LogP contribution >= 0.6 is 0 Å². The summed E-state index contributed by atoms with van der Waals surface area (Å²) >= 11 is 0. The molecular formula is C24H25N3O5. The molecule has 1 aromatic carbocycles. The van der Waals surface area contributed by atoms with E-state index in [1.807, 2.05) is 29.7 Å². The number of benzene rings is 1. The Labute approximate surface area is 185 Å². The quantitative estimate of drug-likeness (QED) is 0.623. The van der Waals surface area contributed by atoms with Crippen molar-refractivity contribution in [3.05, 3.63) is 57.8 Å². The fourth-order valence-corrected chi connectivity index (χ4v) is 5.29.